The first-order valence-electron chi connectivity index (χ1n) is 5.75. The highest BCUT2D eigenvalue weighted by Crippen LogP contribution is 2.27. The summed E-state index contributed by atoms with van der Waals surface area (Å²) < 4.78 is 62.2. The molecule has 0 aliphatic heterocycles. The Morgan fingerprint density at radius 1 is 1.10 bits per heavy atom. The van der Waals surface area contributed by atoms with Crippen molar-refractivity contribution in [3.63, 3.8) is 0 Å². The second-order valence-electron chi connectivity index (χ2n) is 5.09. The van der Waals surface area contributed by atoms with Crippen LogP contribution in [0.3, 0.4) is 0 Å². The summed E-state index contributed by atoms with van der Waals surface area (Å²) in [6, 6.07) is 0.0513. The molecule has 1 aromatic carbocycles. The van der Waals surface area contributed by atoms with Crippen LogP contribution in [-0.2, 0) is 9.53 Å². The molecule has 3 nitrogen and oxygen atoms in total. The lowest BCUT2D eigenvalue weighted by Gasteiger charge is -2.22. The largest absolute Gasteiger partial charge is 0.473 e. The van der Waals surface area contributed by atoms with E-state index in [4.69, 9.17) is 4.74 Å². The van der Waals surface area contributed by atoms with Gasteiger partial charge in [-0.2, -0.15) is 8.78 Å². The van der Waals surface area contributed by atoms with Crippen molar-refractivity contribution in [1.82, 2.24) is 0 Å². The second kappa shape index (κ2) is 5.68. The first-order chi connectivity index (χ1) is 9.03. The van der Waals surface area contributed by atoms with Crippen molar-refractivity contribution < 1.29 is 31.8 Å². The number of carbonyl (C=O) groups excluding carboxylic acids is 1. The molecule has 20 heavy (non-hydrogen) atoms. The van der Waals surface area contributed by atoms with Crippen LogP contribution in [-0.4, -0.2) is 17.7 Å². The third-order valence-electron chi connectivity index (χ3n) is 2.10. The van der Waals surface area contributed by atoms with Gasteiger partial charge in [0.1, 0.15) is 5.60 Å². The van der Waals surface area contributed by atoms with Crippen molar-refractivity contribution in [1.29, 1.82) is 0 Å². The Hall–Kier alpha value is -1.79. The molecule has 0 spiro atoms. The van der Waals surface area contributed by atoms with Gasteiger partial charge in [-0.1, -0.05) is 0 Å². The zero-order valence-electron chi connectivity index (χ0n) is 11.4. The zero-order valence-corrected chi connectivity index (χ0v) is 11.4. The Morgan fingerprint density at radius 3 is 1.95 bits per heavy atom. The van der Waals surface area contributed by atoms with E-state index in [0.717, 1.165) is 6.92 Å². The monoisotopic (exact) mass is 294 g/mol. The summed E-state index contributed by atoms with van der Waals surface area (Å²) in [7, 11) is 0. The molecule has 0 amide bonds. The molecule has 0 N–H and O–H groups in total. The lowest BCUT2D eigenvalue weighted by Crippen LogP contribution is -2.33. The van der Waals surface area contributed by atoms with E-state index in [1.54, 1.807) is 20.8 Å². The lowest BCUT2D eigenvalue weighted by molar-refractivity contribution is -0.162. The molecular formula is C13H14F4O3. The standard InChI is InChI=1S/C13H14F4O3/c1-6(12(18)20-13(2,3)4)19-11-9(16)7(14)5-8(15)10(11)17/h5-6H,1-4H3. The summed E-state index contributed by atoms with van der Waals surface area (Å²) in [6.45, 7) is 5.90. The Kier molecular flexibility index (Phi) is 4.62. The molecule has 1 unspecified atom stereocenters. The molecule has 0 bridgehead atoms. The number of hydrogen-bond acceptors (Lipinski definition) is 3. The number of halogens is 4. The third kappa shape index (κ3) is 3.85. The van der Waals surface area contributed by atoms with Gasteiger partial charge >= 0.3 is 5.97 Å². The molecule has 7 heteroatoms. The zero-order chi connectivity index (χ0) is 15.7. The minimum absolute atomic E-state index is 0.0513. The van der Waals surface area contributed by atoms with Gasteiger partial charge in [0.25, 0.3) is 0 Å². The quantitative estimate of drug-likeness (QED) is 0.487. The normalized spacial score (nSPS) is 13.0. The van der Waals surface area contributed by atoms with Crippen LogP contribution < -0.4 is 4.74 Å². The Morgan fingerprint density at radius 2 is 1.55 bits per heavy atom. The van der Waals surface area contributed by atoms with Crippen LogP contribution in [0.15, 0.2) is 6.07 Å². The number of esters is 1. The van der Waals surface area contributed by atoms with Gasteiger partial charge in [0.15, 0.2) is 23.5 Å². The third-order valence-corrected chi connectivity index (χ3v) is 2.10. The summed E-state index contributed by atoms with van der Waals surface area (Å²) in [5, 5.41) is 0. The van der Waals surface area contributed by atoms with E-state index < -0.39 is 46.7 Å². The summed E-state index contributed by atoms with van der Waals surface area (Å²) in [5.41, 5.74) is -0.834. The van der Waals surface area contributed by atoms with Crippen LogP contribution in [0.1, 0.15) is 27.7 Å². The first kappa shape index (κ1) is 16.3. The number of hydrogen-bond donors (Lipinski definition) is 0. The van der Waals surface area contributed by atoms with Gasteiger partial charge in [-0.05, 0) is 27.7 Å². The minimum Gasteiger partial charge on any atom is -0.473 e. The predicted octanol–water partition coefficient (Wildman–Crippen LogP) is 3.35. The number of carbonyl (C=O) groups is 1. The van der Waals surface area contributed by atoms with Crippen LogP contribution in [0, 0.1) is 23.3 Å². The van der Waals surface area contributed by atoms with Gasteiger partial charge in [-0.3, -0.25) is 0 Å². The fourth-order valence-electron chi connectivity index (χ4n) is 1.26. The molecule has 0 aliphatic rings. The van der Waals surface area contributed by atoms with Crippen LogP contribution >= 0.6 is 0 Å². The Balaban J connectivity index is 2.97. The highest BCUT2D eigenvalue weighted by Gasteiger charge is 2.27. The molecule has 0 radical (unpaired) electrons. The van der Waals surface area contributed by atoms with E-state index >= 15 is 0 Å². The van der Waals surface area contributed by atoms with Crippen molar-refractivity contribution in [2.75, 3.05) is 0 Å². The Bertz CT molecular complexity index is 497. The molecule has 0 aliphatic carbocycles. The minimum atomic E-state index is -1.71. The van der Waals surface area contributed by atoms with E-state index in [2.05, 4.69) is 4.74 Å². The van der Waals surface area contributed by atoms with Crippen molar-refractivity contribution in [2.45, 2.75) is 39.4 Å². The number of benzene rings is 1. The number of ether oxygens (including phenoxy) is 2. The van der Waals surface area contributed by atoms with Gasteiger partial charge in [0.05, 0.1) is 0 Å². The maximum atomic E-state index is 13.3. The van der Waals surface area contributed by atoms with E-state index in [1.165, 1.54) is 0 Å². The van der Waals surface area contributed by atoms with Gasteiger partial charge in [0.2, 0.25) is 11.6 Å². The summed E-state index contributed by atoms with van der Waals surface area (Å²) in [6.07, 6.45) is -1.43. The van der Waals surface area contributed by atoms with Crippen LogP contribution in [0.25, 0.3) is 0 Å². The second-order valence-corrected chi connectivity index (χ2v) is 5.09. The molecule has 0 aromatic heterocycles. The first-order valence-corrected chi connectivity index (χ1v) is 5.75. The summed E-state index contributed by atoms with van der Waals surface area (Å²) in [5.74, 6) is -8.86. The number of rotatable bonds is 3. The molecular weight excluding hydrogens is 280 g/mol. The van der Waals surface area contributed by atoms with Gasteiger partial charge in [0, 0.05) is 6.07 Å². The molecule has 0 saturated carbocycles. The van der Waals surface area contributed by atoms with Crippen molar-refractivity contribution in [2.24, 2.45) is 0 Å². The molecule has 112 valence electrons. The summed E-state index contributed by atoms with van der Waals surface area (Å²) >= 11 is 0. The maximum absolute atomic E-state index is 13.3. The molecule has 1 rings (SSSR count). The smallest absolute Gasteiger partial charge is 0.347 e. The topological polar surface area (TPSA) is 35.5 Å². The van der Waals surface area contributed by atoms with Gasteiger partial charge in [-0.15, -0.1) is 0 Å². The van der Waals surface area contributed by atoms with Crippen LogP contribution in [0.2, 0.25) is 0 Å². The van der Waals surface area contributed by atoms with E-state index in [-0.39, 0.29) is 6.07 Å². The van der Waals surface area contributed by atoms with Crippen LogP contribution in [0.5, 0.6) is 5.75 Å². The average molecular weight is 294 g/mol. The lowest BCUT2D eigenvalue weighted by atomic mass is 10.2. The van der Waals surface area contributed by atoms with Gasteiger partial charge < -0.3 is 9.47 Å². The summed E-state index contributed by atoms with van der Waals surface area (Å²) in [4.78, 5) is 11.6. The molecule has 1 atom stereocenters. The van der Waals surface area contributed by atoms with E-state index in [1.807, 2.05) is 0 Å². The highest BCUT2D eigenvalue weighted by molar-refractivity contribution is 5.75. The molecule has 0 saturated heterocycles. The fraction of sp³-hybridized carbons (Fsp3) is 0.462. The molecule has 1 aromatic rings. The average Bonchev–Trinajstić information content (AvgIpc) is 2.29. The molecule has 0 heterocycles. The van der Waals surface area contributed by atoms with E-state index in [0.29, 0.717) is 0 Å². The van der Waals surface area contributed by atoms with Crippen molar-refractivity contribution in [3.8, 4) is 5.75 Å². The predicted molar refractivity (Wildman–Crippen MR) is 62.2 cm³/mol. The van der Waals surface area contributed by atoms with Crippen molar-refractivity contribution in [3.05, 3.63) is 29.3 Å². The fourth-order valence-corrected chi connectivity index (χ4v) is 1.26. The Labute approximate surface area is 113 Å². The SMILES string of the molecule is CC(Oc1c(F)c(F)cc(F)c1F)C(=O)OC(C)(C)C. The van der Waals surface area contributed by atoms with Crippen molar-refractivity contribution >= 4 is 5.97 Å². The maximum Gasteiger partial charge on any atom is 0.347 e. The molecule has 0 fully saturated rings. The van der Waals surface area contributed by atoms with E-state index in [9.17, 15) is 22.4 Å². The van der Waals surface area contributed by atoms with Gasteiger partial charge in [-0.25, -0.2) is 13.6 Å². The highest BCUT2D eigenvalue weighted by atomic mass is 19.2. The van der Waals surface area contributed by atoms with Crippen LogP contribution in [0.4, 0.5) is 17.6 Å².